The summed E-state index contributed by atoms with van der Waals surface area (Å²) < 4.78 is 41.3. The average Bonchev–Trinajstić information content (AvgIpc) is 3.21. The third kappa shape index (κ3) is 7.16. The predicted octanol–water partition coefficient (Wildman–Crippen LogP) is 5.23. The number of benzene rings is 2. The average molecular weight is 702 g/mol. The van der Waals surface area contributed by atoms with Gasteiger partial charge in [0.2, 0.25) is 10.0 Å². The van der Waals surface area contributed by atoms with Gasteiger partial charge in [-0.1, -0.05) is 30.7 Å². The number of hydroxylamine groups is 1. The van der Waals surface area contributed by atoms with Gasteiger partial charge < -0.3 is 19.2 Å². The van der Waals surface area contributed by atoms with E-state index in [2.05, 4.69) is 32.1 Å². The molecule has 2 heterocycles. The van der Waals surface area contributed by atoms with Gasteiger partial charge in [-0.2, -0.15) is 0 Å². The third-order valence-corrected chi connectivity index (χ3v) is 13.1. The van der Waals surface area contributed by atoms with Crippen molar-refractivity contribution >= 4 is 39.5 Å². The molecule has 4 aliphatic rings. The van der Waals surface area contributed by atoms with Gasteiger partial charge in [-0.05, 0) is 105 Å². The molecule has 0 aromatic heterocycles. The van der Waals surface area contributed by atoms with Crippen LogP contribution in [0.1, 0.15) is 67.4 Å². The molecule has 1 spiro atoms. The van der Waals surface area contributed by atoms with Crippen LogP contribution in [0.3, 0.4) is 0 Å². The molecule has 12 heteroatoms. The zero-order valence-electron chi connectivity index (χ0n) is 28.5. The number of allylic oxidation sites excluding steroid dienone is 1. The summed E-state index contributed by atoms with van der Waals surface area (Å²) in [6.45, 7) is 5.17. The van der Waals surface area contributed by atoms with E-state index < -0.39 is 26.8 Å². The third-order valence-electron chi connectivity index (χ3n) is 10.9. The molecule has 2 aliphatic carbocycles. The van der Waals surface area contributed by atoms with E-state index in [1.807, 2.05) is 25.1 Å². The number of ether oxygens (including phenoxy) is 2. The molecule has 2 aromatic carbocycles. The van der Waals surface area contributed by atoms with Crippen LogP contribution in [0.4, 0.5) is 5.69 Å². The van der Waals surface area contributed by atoms with Crippen molar-refractivity contribution in [3.8, 4) is 5.75 Å². The van der Waals surface area contributed by atoms with E-state index in [9.17, 15) is 18.0 Å². The normalized spacial score (nSPS) is 31.7. The van der Waals surface area contributed by atoms with E-state index in [-0.39, 0.29) is 28.7 Å². The second-order valence-electron chi connectivity index (χ2n) is 13.6. The predicted molar refractivity (Wildman–Crippen MR) is 187 cm³/mol. The Hall–Kier alpha value is -2.96. The van der Waals surface area contributed by atoms with Gasteiger partial charge >= 0.3 is 0 Å². The van der Waals surface area contributed by atoms with Crippen LogP contribution in [0.15, 0.2) is 48.6 Å². The molecule has 0 saturated heterocycles. The van der Waals surface area contributed by atoms with Crippen LogP contribution in [-0.4, -0.2) is 72.4 Å². The van der Waals surface area contributed by atoms with Gasteiger partial charge in [-0.15, -0.1) is 0 Å². The minimum Gasteiger partial charge on any atom is -0.490 e. The van der Waals surface area contributed by atoms with Crippen molar-refractivity contribution in [1.82, 2.24) is 10.2 Å². The highest BCUT2D eigenvalue weighted by Crippen LogP contribution is 2.48. The molecular formula is C36H48ClN3O7S. The van der Waals surface area contributed by atoms with Gasteiger partial charge in [-0.3, -0.25) is 9.59 Å². The SMILES string of the molecule is CNOC.CO[C@@]1(C=O)/C=C/C[C@H](C)[C@@H](C)S(=O)(=O)NC(=O)c2ccc3c(c2)N(C[C@@H]2CC[C@H]21)C[C@@]1(CCCc2cc(Cl)ccc21)CO3. The fraction of sp³-hybridized carbons (Fsp3) is 0.556. The first-order chi connectivity index (χ1) is 22.9. The lowest BCUT2D eigenvalue weighted by molar-refractivity contribution is -0.135. The van der Waals surface area contributed by atoms with Crippen molar-refractivity contribution < 1.29 is 32.3 Å². The molecule has 48 heavy (non-hydrogen) atoms. The van der Waals surface area contributed by atoms with Crippen LogP contribution in [0.2, 0.25) is 5.02 Å². The number of carbonyl (C=O) groups excluding carboxylic acids is 2. The maximum absolute atomic E-state index is 13.4. The number of aldehydes is 1. The Kier molecular flexibility index (Phi) is 11.3. The Bertz CT molecular complexity index is 1630. The molecule has 262 valence electrons. The molecule has 0 radical (unpaired) electrons. The Morgan fingerprint density at radius 1 is 1.15 bits per heavy atom. The molecule has 1 saturated carbocycles. The molecular weight excluding hydrogens is 654 g/mol. The van der Waals surface area contributed by atoms with Gasteiger partial charge in [0.05, 0.1) is 24.7 Å². The van der Waals surface area contributed by atoms with Gasteiger partial charge in [0.15, 0.2) is 6.29 Å². The number of anilines is 1. The van der Waals surface area contributed by atoms with Crippen LogP contribution in [0.5, 0.6) is 5.75 Å². The fourth-order valence-corrected chi connectivity index (χ4v) is 9.16. The summed E-state index contributed by atoms with van der Waals surface area (Å²) in [5, 5.41) is -0.123. The first-order valence-electron chi connectivity index (χ1n) is 16.7. The number of amides is 1. The zero-order chi connectivity index (χ0) is 34.7. The number of carbonyl (C=O) groups is 2. The maximum atomic E-state index is 13.4. The zero-order valence-corrected chi connectivity index (χ0v) is 30.0. The number of sulfonamides is 1. The topological polar surface area (TPSA) is 123 Å². The molecule has 2 aromatic rings. The fourth-order valence-electron chi connectivity index (χ4n) is 7.68. The molecule has 10 nitrogen and oxygen atoms in total. The van der Waals surface area contributed by atoms with E-state index in [0.717, 1.165) is 44.1 Å². The quantitative estimate of drug-likeness (QED) is 0.252. The number of nitrogens with zero attached hydrogens (tertiary/aromatic N) is 1. The number of hydrogen-bond acceptors (Lipinski definition) is 9. The summed E-state index contributed by atoms with van der Waals surface area (Å²) in [6, 6.07) is 11.3. The Labute approximate surface area is 289 Å². The molecule has 6 atom stereocenters. The number of hydrogen-bond donors (Lipinski definition) is 2. The van der Waals surface area contributed by atoms with Crippen molar-refractivity contribution in [2.75, 3.05) is 45.9 Å². The van der Waals surface area contributed by atoms with Crippen molar-refractivity contribution in [3.63, 3.8) is 0 Å². The summed E-state index contributed by atoms with van der Waals surface area (Å²) >= 11 is 6.40. The van der Waals surface area contributed by atoms with Crippen molar-refractivity contribution in [3.05, 3.63) is 70.3 Å². The largest absolute Gasteiger partial charge is 0.490 e. The number of nitrogens with one attached hydrogen (secondary N) is 2. The highest BCUT2D eigenvalue weighted by Gasteiger charge is 2.49. The van der Waals surface area contributed by atoms with E-state index in [4.69, 9.17) is 21.1 Å². The van der Waals surface area contributed by atoms with Gasteiger partial charge in [-0.25, -0.2) is 18.6 Å². The molecule has 2 bridgehead atoms. The summed E-state index contributed by atoms with van der Waals surface area (Å²) in [5.74, 6) is -0.203. The Morgan fingerprint density at radius 3 is 2.58 bits per heavy atom. The van der Waals surface area contributed by atoms with Crippen LogP contribution < -0.4 is 19.8 Å². The summed E-state index contributed by atoms with van der Waals surface area (Å²) in [7, 11) is 0.871. The molecule has 2 N–H and O–H groups in total. The lowest BCUT2D eigenvalue weighted by atomic mass is 9.64. The highest BCUT2D eigenvalue weighted by molar-refractivity contribution is 7.90. The monoisotopic (exact) mass is 701 g/mol. The number of aryl methyl sites for hydroxylation is 1. The smallest absolute Gasteiger partial charge is 0.264 e. The molecule has 0 unspecified atom stereocenters. The maximum Gasteiger partial charge on any atom is 0.264 e. The number of halogens is 1. The Balaban J connectivity index is 0.00000107. The minimum atomic E-state index is -3.97. The number of fused-ring (bicyclic) bond motifs is 4. The van der Waals surface area contributed by atoms with Crippen LogP contribution in [0.25, 0.3) is 0 Å². The highest BCUT2D eigenvalue weighted by atomic mass is 35.5. The first-order valence-corrected chi connectivity index (χ1v) is 18.6. The van der Waals surface area contributed by atoms with E-state index in [1.165, 1.54) is 11.1 Å². The minimum absolute atomic E-state index is 0.0434. The molecule has 1 amide bonds. The molecule has 6 rings (SSSR count). The van der Waals surface area contributed by atoms with Gasteiger partial charge in [0.25, 0.3) is 5.91 Å². The lowest BCUT2D eigenvalue weighted by Crippen LogP contribution is -2.53. The standard InChI is InChI=1S/C34H41ClN2O6S.C2H7NO/c1-22-6-4-15-34(20-38,42-3)29-11-8-26(29)18-37-19-33(14-5-7-24-16-27(35)10-12-28(24)33)21-43-31-13-9-25(17-30(31)37)32(39)36-44(40,41)23(22)2;1-3-4-2/h4,9-10,12-13,15-17,20,22-23,26,29H,5-8,11,14,18-19,21H2,1-3H3,(H,36,39);3H,1-2H3/b15-4+;/t22-,23+,26-,29+,33-,34+;/m0./s1. The summed E-state index contributed by atoms with van der Waals surface area (Å²) in [5.41, 5.74) is 4.48. The first kappa shape index (κ1) is 36.3. The van der Waals surface area contributed by atoms with Gasteiger partial charge in [0, 0.05) is 49.2 Å². The number of rotatable bonds is 3. The summed E-state index contributed by atoms with van der Waals surface area (Å²) in [4.78, 5) is 32.7. The van der Waals surface area contributed by atoms with Crippen molar-refractivity contribution in [1.29, 1.82) is 0 Å². The molecule has 2 aliphatic heterocycles. The second-order valence-corrected chi connectivity index (χ2v) is 16.1. The van der Waals surface area contributed by atoms with E-state index in [1.54, 1.807) is 46.4 Å². The summed E-state index contributed by atoms with van der Waals surface area (Å²) in [6.07, 6.45) is 9.65. The Morgan fingerprint density at radius 2 is 1.92 bits per heavy atom. The van der Waals surface area contributed by atoms with E-state index in [0.29, 0.717) is 36.9 Å². The lowest BCUT2D eigenvalue weighted by Gasteiger charge is -2.48. The van der Waals surface area contributed by atoms with Crippen molar-refractivity contribution in [2.45, 2.75) is 68.6 Å². The second kappa shape index (κ2) is 14.9. The molecule has 1 fully saturated rings. The number of methoxy groups -OCH3 is 1. The van der Waals surface area contributed by atoms with Gasteiger partial charge in [0.1, 0.15) is 11.4 Å². The van der Waals surface area contributed by atoms with Crippen LogP contribution in [0, 0.1) is 17.8 Å². The van der Waals surface area contributed by atoms with Crippen LogP contribution in [-0.2, 0) is 36.2 Å². The van der Waals surface area contributed by atoms with E-state index >= 15 is 0 Å². The van der Waals surface area contributed by atoms with Crippen molar-refractivity contribution in [2.24, 2.45) is 17.8 Å². The van der Waals surface area contributed by atoms with Crippen LogP contribution >= 0.6 is 11.6 Å².